The molecule has 2 aromatic carbocycles. The molecule has 32 heavy (non-hydrogen) atoms. The zero-order chi connectivity index (χ0) is 21.9. The van der Waals surface area contributed by atoms with Crippen LogP contribution in [-0.4, -0.2) is 33.6 Å². The number of benzene rings is 2. The minimum atomic E-state index is -0.505. The number of rotatable bonds is 6. The third kappa shape index (κ3) is 4.45. The third-order valence-corrected chi connectivity index (χ3v) is 5.47. The molecule has 0 radical (unpaired) electrons. The van der Waals surface area contributed by atoms with Gasteiger partial charge in [-0.25, -0.2) is 0 Å². The fourth-order valence-electron chi connectivity index (χ4n) is 3.05. The van der Waals surface area contributed by atoms with Gasteiger partial charge < -0.3 is 18.4 Å². The first-order valence-electron chi connectivity index (χ1n) is 9.82. The molecule has 0 aliphatic carbocycles. The molecule has 1 aliphatic heterocycles. The second-order valence-electron chi connectivity index (χ2n) is 7.05. The van der Waals surface area contributed by atoms with E-state index in [4.69, 9.17) is 18.4 Å². The summed E-state index contributed by atoms with van der Waals surface area (Å²) in [4.78, 5) is 12.3. The van der Waals surface area contributed by atoms with E-state index in [1.54, 1.807) is 6.07 Å². The van der Waals surface area contributed by atoms with Gasteiger partial charge in [0.25, 0.3) is 11.1 Å². The van der Waals surface area contributed by atoms with E-state index in [1.165, 1.54) is 0 Å². The molecule has 1 atom stereocenters. The topological polar surface area (TPSA) is 113 Å². The van der Waals surface area contributed by atoms with Gasteiger partial charge in [0, 0.05) is 11.6 Å². The number of ether oxygens (including phenoxy) is 2. The number of fused-ring (bicyclic) bond motifs is 1. The Hall–Kier alpha value is -3.79. The summed E-state index contributed by atoms with van der Waals surface area (Å²) < 4.78 is 22.4. The third-order valence-electron chi connectivity index (χ3n) is 4.65. The zero-order valence-corrected chi connectivity index (χ0v) is 17.8. The van der Waals surface area contributed by atoms with Gasteiger partial charge in [-0.2, -0.15) is 0 Å². The first-order valence-corrected chi connectivity index (χ1v) is 10.8. The lowest BCUT2D eigenvalue weighted by Crippen LogP contribution is -2.21. The number of anilines is 1. The number of nitrogens with zero attached hydrogens (tertiary/aromatic N) is 3. The van der Waals surface area contributed by atoms with E-state index in [2.05, 4.69) is 20.7 Å². The van der Waals surface area contributed by atoms with Crippen LogP contribution in [0.3, 0.4) is 0 Å². The van der Waals surface area contributed by atoms with Crippen LogP contribution in [0.5, 0.6) is 11.5 Å². The highest BCUT2D eigenvalue weighted by Gasteiger charge is 2.27. The molecule has 162 valence electrons. The lowest BCUT2D eigenvalue weighted by Gasteiger charge is -2.23. The van der Waals surface area contributed by atoms with Crippen molar-refractivity contribution in [1.29, 1.82) is 0 Å². The molecule has 1 N–H and O–H groups in total. The standard InChI is InChI=1S/C22H18N4O5S/c1-13-6-8-14(9-7-13)15-10-20(31-26-15)23-19(27)12-32-22-25-24-21(30-22)18-11-28-16-4-2-3-5-17(16)29-18/h2-10,18H,11-12H2,1H3,(H,23,27). The maximum absolute atomic E-state index is 12.3. The van der Waals surface area contributed by atoms with Gasteiger partial charge in [0.1, 0.15) is 12.3 Å². The van der Waals surface area contributed by atoms with Gasteiger partial charge in [-0.3, -0.25) is 10.1 Å². The minimum Gasteiger partial charge on any atom is -0.485 e. The molecule has 1 unspecified atom stereocenters. The summed E-state index contributed by atoms with van der Waals surface area (Å²) >= 11 is 1.11. The Morgan fingerprint density at radius 1 is 1.12 bits per heavy atom. The van der Waals surface area contributed by atoms with Crippen LogP contribution in [0, 0.1) is 6.92 Å². The van der Waals surface area contributed by atoms with E-state index in [1.807, 2.05) is 55.5 Å². The first-order chi connectivity index (χ1) is 15.6. The summed E-state index contributed by atoms with van der Waals surface area (Å²) in [5, 5.41) is 14.9. The molecule has 0 bridgehead atoms. The second kappa shape index (κ2) is 8.75. The number of hydrogen-bond donors (Lipinski definition) is 1. The number of nitrogens with one attached hydrogen (secondary N) is 1. The summed E-state index contributed by atoms with van der Waals surface area (Å²) in [6.07, 6.45) is -0.505. The van der Waals surface area contributed by atoms with Crippen molar-refractivity contribution in [2.24, 2.45) is 0 Å². The van der Waals surface area contributed by atoms with Crippen molar-refractivity contribution in [1.82, 2.24) is 15.4 Å². The van der Waals surface area contributed by atoms with Crippen LogP contribution in [0.4, 0.5) is 5.88 Å². The average molecular weight is 450 g/mol. The van der Waals surface area contributed by atoms with Crippen molar-refractivity contribution in [3.8, 4) is 22.8 Å². The van der Waals surface area contributed by atoms with Crippen LogP contribution < -0.4 is 14.8 Å². The van der Waals surface area contributed by atoms with Crippen molar-refractivity contribution in [2.45, 2.75) is 18.3 Å². The van der Waals surface area contributed by atoms with Crippen molar-refractivity contribution >= 4 is 23.6 Å². The lowest BCUT2D eigenvalue weighted by atomic mass is 10.1. The van der Waals surface area contributed by atoms with E-state index >= 15 is 0 Å². The van der Waals surface area contributed by atoms with E-state index in [0.717, 1.165) is 22.9 Å². The summed E-state index contributed by atoms with van der Waals surface area (Å²) in [6, 6.07) is 16.9. The Labute approximate surface area is 187 Å². The van der Waals surface area contributed by atoms with Gasteiger partial charge in [0.05, 0.1) is 5.75 Å². The SMILES string of the molecule is Cc1ccc(-c2cc(NC(=O)CSc3nnc(C4COc5ccccc5O4)o3)on2)cc1. The molecule has 1 amide bonds. The Morgan fingerprint density at radius 3 is 2.78 bits per heavy atom. The molecule has 0 saturated carbocycles. The van der Waals surface area contributed by atoms with Crippen molar-refractivity contribution in [3.63, 3.8) is 0 Å². The number of hydrogen-bond acceptors (Lipinski definition) is 9. The maximum Gasteiger partial charge on any atom is 0.277 e. The van der Waals surface area contributed by atoms with Crippen LogP contribution >= 0.6 is 11.8 Å². The smallest absolute Gasteiger partial charge is 0.277 e. The highest BCUT2D eigenvalue weighted by molar-refractivity contribution is 7.99. The van der Waals surface area contributed by atoms with Crippen molar-refractivity contribution in [3.05, 3.63) is 66.1 Å². The van der Waals surface area contributed by atoms with Gasteiger partial charge in [-0.15, -0.1) is 10.2 Å². The molecule has 2 aromatic heterocycles. The summed E-state index contributed by atoms with van der Waals surface area (Å²) in [7, 11) is 0. The number of amides is 1. The van der Waals surface area contributed by atoms with Gasteiger partial charge in [0.2, 0.25) is 17.9 Å². The van der Waals surface area contributed by atoms with E-state index in [9.17, 15) is 4.79 Å². The number of aryl methyl sites for hydroxylation is 1. The number of aromatic nitrogens is 3. The lowest BCUT2D eigenvalue weighted by molar-refractivity contribution is -0.113. The Bertz CT molecular complexity index is 1240. The molecule has 4 aromatic rings. The predicted molar refractivity (Wildman–Crippen MR) is 116 cm³/mol. The monoisotopic (exact) mass is 450 g/mol. The number of carbonyl (C=O) groups excluding carboxylic acids is 1. The second-order valence-corrected chi connectivity index (χ2v) is 7.98. The summed E-state index contributed by atoms with van der Waals surface area (Å²) in [5.41, 5.74) is 2.70. The fraction of sp³-hybridized carbons (Fsp3) is 0.182. The van der Waals surface area contributed by atoms with Gasteiger partial charge in [-0.05, 0) is 19.1 Å². The molecule has 10 heteroatoms. The summed E-state index contributed by atoms with van der Waals surface area (Å²) in [5.74, 6) is 1.63. The quantitative estimate of drug-likeness (QED) is 0.430. The van der Waals surface area contributed by atoms with Gasteiger partial charge in [0.15, 0.2) is 11.5 Å². The number of para-hydroxylation sites is 2. The molecular weight excluding hydrogens is 432 g/mol. The molecule has 5 rings (SSSR count). The van der Waals surface area contributed by atoms with Gasteiger partial charge in [-0.1, -0.05) is 58.9 Å². The van der Waals surface area contributed by atoms with Crippen molar-refractivity contribution < 1.29 is 23.2 Å². The van der Waals surface area contributed by atoms with Crippen LogP contribution in [0.15, 0.2) is 68.8 Å². The Kier molecular flexibility index (Phi) is 5.51. The van der Waals surface area contributed by atoms with Crippen LogP contribution in [0.2, 0.25) is 0 Å². The predicted octanol–water partition coefficient (Wildman–Crippen LogP) is 4.28. The van der Waals surface area contributed by atoms with Crippen LogP contribution in [0.25, 0.3) is 11.3 Å². The Morgan fingerprint density at radius 2 is 1.94 bits per heavy atom. The average Bonchev–Trinajstić information content (AvgIpc) is 3.48. The fourth-order valence-corrected chi connectivity index (χ4v) is 3.61. The minimum absolute atomic E-state index is 0.0626. The molecule has 9 nitrogen and oxygen atoms in total. The highest BCUT2D eigenvalue weighted by atomic mass is 32.2. The van der Waals surface area contributed by atoms with Crippen LogP contribution in [-0.2, 0) is 4.79 Å². The first kappa shape index (κ1) is 20.1. The molecule has 1 aliphatic rings. The molecular formula is C22H18N4O5S. The zero-order valence-electron chi connectivity index (χ0n) is 17.0. The molecule has 0 fully saturated rings. The largest absolute Gasteiger partial charge is 0.485 e. The van der Waals surface area contributed by atoms with Crippen LogP contribution in [0.1, 0.15) is 17.6 Å². The molecule has 0 spiro atoms. The Balaban J connectivity index is 1.15. The van der Waals surface area contributed by atoms with Gasteiger partial charge >= 0.3 is 0 Å². The maximum atomic E-state index is 12.3. The normalized spacial score (nSPS) is 14.8. The van der Waals surface area contributed by atoms with E-state index in [-0.39, 0.29) is 29.4 Å². The number of carbonyl (C=O) groups is 1. The molecule has 0 saturated heterocycles. The van der Waals surface area contributed by atoms with E-state index in [0.29, 0.717) is 23.1 Å². The highest BCUT2D eigenvalue weighted by Crippen LogP contribution is 2.36. The van der Waals surface area contributed by atoms with E-state index < -0.39 is 6.10 Å². The van der Waals surface area contributed by atoms with Crippen molar-refractivity contribution in [2.75, 3.05) is 17.7 Å². The molecule has 3 heterocycles. The summed E-state index contributed by atoms with van der Waals surface area (Å²) in [6.45, 7) is 2.27. The number of thioether (sulfide) groups is 1.